The van der Waals surface area contributed by atoms with Gasteiger partial charge in [0.1, 0.15) is 11.5 Å². The maximum Gasteiger partial charge on any atom is 0.270 e. The summed E-state index contributed by atoms with van der Waals surface area (Å²) in [5.74, 6) is 0.986. The Balaban J connectivity index is 2.47. The molecular formula is C16H15NO4. The van der Waals surface area contributed by atoms with Crippen LogP contribution >= 0.6 is 0 Å². The molecule has 21 heavy (non-hydrogen) atoms. The third-order valence-electron chi connectivity index (χ3n) is 3.42. The maximum absolute atomic E-state index is 11.1. The molecule has 0 atom stereocenters. The van der Waals surface area contributed by atoms with Gasteiger partial charge in [-0.15, -0.1) is 0 Å². The highest BCUT2D eigenvalue weighted by Crippen LogP contribution is 2.33. The summed E-state index contributed by atoms with van der Waals surface area (Å²) in [6.07, 6.45) is 0.558. The van der Waals surface area contributed by atoms with Crippen molar-refractivity contribution in [1.82, 2.24) is 0 Å². The molecule has 0 unspecified atom stereocenters. The van der Waals surface area contributed by atoms with E-state index in [0.717, 1.165) is 16.7 Å². The van der Waals surface area contributed by atoms with E-state index >= 15 is 0 Å². The number of benzene rings is 2. The fourth-order valence-corrected chi connectivity index (χ4v) is 2.03. The Morgan fingerprint density at radius 3 is 2.38 bits per heavy atom. The molecule has 0 saturated carbocycles. The van der Waals surface area contributed by atoms with Gasteiger partial charge in [-0.1, -0.05) is 12.1 Å². The highest BCUT2D eigenvalue weighted by Gasteiger charge is 2.14. The van der Waals surface area contributed by atoms with Crippen molar-refractivity contribution in [3.05, 3.63) is 62.7 Å². The van der Waals surface area contributed by atoms with Crippen molar-refractivity contribution in [1.29, 1.82) is 0 Å². The van der Waals surface area contributed by atoms with E-state index in [9.17, 15) is 14.9 Å². The summed E-state index contributed by atoms with van der Waals surface area (Å²) in [7, 11) is 0. The Hall–Kier alpha value is -2.69. The van der Waals surface area contributed by atoms with Crippen LogP contribution in [0.4, 0.5) is 5.69 Å². The van der Waals surface area contributed by atoms with Gasteiger partial charge in [-0.3, -0.25) is 14.9 Å². The average molecular weight is 285 g/mol. The topological polar surface area (TPSA) is 69.4 Å². The number of carbonyl (C=O) groups is 1. The van der Waals surface area contributed by atoms with Gasteiger partial charge in [0.05, 0.1) is 10.5 Å². The first-order valence-corrected chi connectivity index (χ1v) is 6.42. The number of carbonyl (C=O) groups excluding carboxylic acids is 1. The van der Waals surface area contributed by atoms with Gasteiger partial charge in [0.15, 0.2) is 6.29 Å². The summed E-state index contributed by atoms with van der Waals surface area (Å²) in [6, 6.07) is 7.91. The van der Waals surface area contributed by atoms with E-state index < -0.39 is 4.92 Å². The minimum Gasteiger partial charge on any atom is -0.456 e. The van der Waals surface area contributed by atoms with Crippen molar-refractivity contribution >= 4 is 12.0 Å². The van der Waals surface area contributed by atoms with Crippen LogP contribution in [0.2, 0.25) is 0 Å². The van der Waals surface area contributed by atoms with Gasteiger partial charge in [-0.05, 0) is 43.5 Å². The monoisotopic (exact) mass is 285 g/mol. The van der Waals surface area contributed by atoms with Crippen LogP contribution in [-0.2, 0) is 0 Å². The van der Waals surface area contributed by atoms with E-state index in [4.69, 9.17) is 4.74 Å². The van der Waals surface area contributed by atoms with Crippen LogP contribution in [0.5, 0.6) is 11.5 Å². The third kappa shape index (κ3) is 2.91. The molecule has 2 aromatic rings. The lowest BCUT2D eigenvalue weighted by atomic mass is 10.1. The van der Waals surface area contributed by atoms with Gasteiger partial charge in [0.2, 0.25) is 0 Å². The van der Waals surface area contributed by atoms with Gasteiger partial charge in [0, 0.05) is 12.1 Å². The molecular weight excluding hydrogens is 270 g/mol. The second kappa shape index (κ2) is 5.75. The summed E-state index contributed by atoms with van der Waals surface area (Å²) in [4.78, 5) is 21.3. The normalized spacial score (nSPS) is 10.2. The summed E-state index contributed by atoms with van der Waals surface area (Å²) in [5, 5.41) is 10.7. The smallest absolute Gasteiger partial charge is 0.270 e. The standard InChI is InChI=1S/C16H15NO4/c1-10-4-5-11(2)16(12(10)3)21-15-7-6-14(17(19)20)8-13(15)9-18/h4-9H,1-3H3. The molecule has 0 radical (unpaired) electrons. The molecule has 0 saturated heterocycles. The van der Waals surface area contributed by atoms with Crippen molar-refractivity contribution in [3.63, 3.8) is 0 Å². The van der Waals surface area contributed by atoms with E-state index in [0.29, 0.717) is 17.8 Å². The summed E-state index contributed by atoms with van der Waals surface area (Å²) in [5.41, 5.74) is 3.01. The second-order valence-electron chi connectivity index (χ2n) is 4.85. The zero-order chi connectivity index (χ0) is 15.6. The van der Waals surface area contributed by atoms with E-state index in [1.165, 1.54) is 18.2 Å². The van der Waals surface area contributed by atoms with E-state index in [-0.39, 0.29) is 11.3 Å². The molecule has 0 aliphatic heterocycles. The predicted molar refractivity (Wildman–Crippen MR) is 79.2 cm³/mol. The average Bonchev–Trinajstić information content (AvgIpc) is 2.47. The number of ether oxygens (including phenoxy) is 1. The van der Waals surface area contributed by atoms with Crippen molar-refractivity contribution in [3.8, 4) is 11.5 Å². The minimum absolute atomic E-state index is 0.137. The SMILES string of the molecule is Cc1ccc(C)c(Oc2ccc([N+](=O)[O-])cc2C=O)c1C. The molecule has 0 heterocycles. The molecule has 0 aromatic heterocycles. The minimum atomic E-state index is -0.542. The molecule has 5 nitrogen and oxygen atoms in total. The largest absolute Gasteiger partial charge is 0.456 e. The first-order chi connectivity index (χ1) is 9.93. The van der Waals surface area contributed by atoms with Gasteiger partial charge in [-0.2, -0.15) is 0 Å². The van der Waals surface area contributed by atoms with Crippen LogP contribution in [0.1, 0.15) is 27.0 Å². The zero-order valence-corrected chi connectivity index (χ0v) is 12.0. The van der Waals surface area contributed by atoms with Crippen LogP contribution in [0.15, 0.2) is 30.3 Å². The van der Waals surface area contributed by atoms with Crippen LogP contribution in [-0.4, -0.2) is 11.2 Å². The predicted octanol–water partition coefficient (Wildman–Crippen LogP) is 4.12. The van der Waals surface area contributed by atoms with Crippen molar-refractivity contribution in [2.75, 3.05) is 0 Å². The number of hydrogen-bond acceptors (Lipinski definition) is 4. The number of rotatable bonds is 4. The number of nitro benzene ring substituents is 1. The highest BCUT2D eigenvalue weighted by atomic mass is 16.6. The molecule has 0 bridgehead atoms. The first-order valence-electron chi connectivity index (χ1n) is 6.42. The molecule has 2 aromatic carbocycles. The van der Waals surface area contributed by atoms with Crippen molar-refractivity contribution < 1.29 is 14.5 Å². The molecule has 2 rings (SSSR count). The van der Waals surface area contributed by atoms with Crippen LogP contribution < -0.4 is 4.74 Å². The van der Waals surface area contributed by atoms with Gasteiger partial charge < -0.3 is 4.74 Å². The number of hydrogen-bond donors (Lipinski definition) is 0. The van der Waals surface area contributed by atoms with E-state index in [2.05, 4.69) is 0 Å². The number of non-ortho nitro benzene ring substituents is 1. The molecule has 0 amide bonds. The van der Waals surface area contributed by atoms with Crippen molar-refractivity contribution in [2.45, 2.75) is 20.8 Å². The molecule has 108 valence electrons. The first kappa shape index (κ1) is 14.7. The number of aryl methyl sites for hydroxylation is 2. The third-order valence-corrected chi connectivity index (χ3v) is 3.42. The van der Waals surface area contributed by atoms with Crippen molar-refractivity contribution in [2.24, 2.45) is 0 Å². The molecule has 0 N–H and O–H groups in total. The maximum atomic E-state index is 11.1. The van der Waals surface area contributed by atoms with E-state index in [1.807, 2.05) is 32.9 Å². The lowest BCUT2D eigenvalue weighted by molar-refractivity contribution is -0.384. The van der Waals surface area contributed by atoms with Crippen LogP contribution in [0, 0.1) is 30.9 Å². The lowest BCUT2D eigenvalue weighted by Crippen LogP contribution is -1.97. The number of aldehydes is 1. The van der Waals surface area contributed by atoms with Crippen LogP contribution in [0.3, 0.4) is 0 Å². The lowest BCUT2D eigenvalue weighted by Gasteiger charge is -2.14. The van der Waals surface area contributed by atoms with Crippen LogP contribution in [0.25, 0.3) is 0 Å². The number of nitrogens with zero attached hydrogens (tertiary/aromatic N) is 1. The zero-order valence-electron chi connectivity index (χ0n) is 12.0. The Bertz CT molecular complexity index is 722. The summed E-state index contributed by atoms with van der Waals surface area (Å²) < 4.78 is 5.82. The molecule has 0 spiro atoms. The van der Waals surface area contributed by atoms with Gasteiger partial charge in [0.25, 0.3) is 5.69 Å². The van der Waals surface area contributed by atoms with E-state index in [1.54, 1.807) is 0 Å². The molecule has 5 heteroatoms. The Morgan fingerprint density at radius 1 is 1.10 bits per heavy atom. The Morgan fingerprint density at radius 2 is 1.76 bits per heavy atom. The number of nitro groups is 1. The summed E-state index contributed by atoms with van der Waals surface area (Å²) >= 11 is 0. The summed E-state index contributed by atoms with van der Waals surface area (Å²) in [6.45, 7) is 5.81. The van der Waals surface area contributed by atoms with Gasteiger partial charge in [-0.25, -0.2) is 0 Å². The quantitative estimate of drug-likeness (QED) is 0.481. The van der Waals surface area contributed by atoms with Gasteiger partial charge >= 0.3 is 0 Å². The fourth-order valence-electron chi connectivity index (χ4n) is 2.03. The Kier molecular flexibility index (Phi) is 4.03. The second-order valence-corrected chi connectivity index (χ2v) is 4.85. The molecule has 0 fully saturated rings. The molecule has 0 aliphatic carbocycles. The Labute approximate surface area is 122 Å². The highest BCUT2D eigenvalue weighted by molar-refractivity contribution is 5.81. The molecule has 0 aliphatic rings. The fraction of sp³-hybridized carbons (Fsp3) is 0.188.